The predicted molar refractivity (Wildman–Crippen MR) is 60.1 cm³/mol. The van der Waals surface area contributed by atoms with Crippen LogP contribution in [0, 0.1) is 17.8 Å². The van der Waals surface area contributed by atoms with Gasteiger partial charge < -0.3 is 5.73 Å². The van der Waals surface area contributed by atoms with Crippen molar-refractivity contribution in [2.45, 2.75) is 39.2 Å². The molecule has 0 aromatic carbocycles. The molecule has 0 bridgehead atoms. The van der Waals surface area contributed by atoms with Crippen LogP contribution in [0.3, 0.4) is 0 Å². The first-order valence-corrected chi connectivity index (χ1v) is 6.16. The zero-order valence-electron chi connectivity index (χ0n) is 9.58. The molecule has 1 saturated heterocycles. The van der Waals surface area contributed by atoms with E-state index >= 15 is 0 Å². The molecule has 0 aromatic heterocycles. The Morgan fingerprint density at radius 3 is 2.36 bits per heavy atom. The molecular weight excluding hydrogens is 172 g/mol. The van der Waals surface area contributed by atoms with Crippen LogP contribution in [0.1, 0.15) is 33.1 Å². The Morgan fingerprint density at radius 2 is 1.79 bits per heavy atom. The summed E-state index contributed by atoms with van der Waals surface area (Å²) in [4.78, 5) is 2.71. The minimum atomic E-state index is 0.785. The third-order valence-corrected chi connectivity index (χ3v) is 4.41. The second-order valence-electron chi connectivity index (χ2n) is 5.40. The zero-order valence-corrected chi connectivity index (χ0v) is 9.58. The lowest BCUT2D eigenvalue weighted by Crippen LogP contribution is -2.39. The summed E-state index contributed by atoms with van der Waals surface area (Å²) in [6, 6.07) is 0.812. The molecule has 1 aliphatic carbocycles. The van der Waals surface area contributed by atoms with Gasteiger partial charge in [0.1, 0.15) is 0 Å². The molecule has 0 aromatic rings. The monoisotopic (exact) mass is 196 g/mol. The average Bonchev–Trinajstić information content (AvgIpc) is 2.73. The molecule has 4 unspecified atom stereocenters. The fourth-order valence-electron chi connectivity index (χ4n) is 3.22. The third-order valence-electron chi connectivity index (χ3n) is 4.41. The highest BCUT2D eigenvalue weighted by Crippen LogP contribution is 2.34. The summed E-state index contributed by atoms with van der Waals surface area (Å²) in [5.74, 6) is 2.55. The molecule has 2 rings (SSSR count). The molecule has 82 valence electrons. The van der Waals surface area contributed by atoms with Crippen molar-refractivity contribution in [2.75, 3.05) is 19.6 Å². The number of rotatable bonds is 2. The topological polar surface area (TPSA) is 29.3 Å². The average molecular weight is 196 g/mol. The fourth-order valence-corrected chi connectivity index (χ4v) is 3.22. The number of hydrogen-bond acceptors (Lipinski definition) is 2. The molecular formula is C12H24N2. The van der Waals surface area contributed by atoms with Crippen LogP contribution in [0.4, 0.5) is 0 Å². The lowest BCUT2D eigenvalue weighted by Gasteiger charge is -2.28. The van der Waals surface area contributed by atoms with Gasteiger partial charge in [-0.15, -0.1) is 0 Å². The van der Waals surface area contributed by atoms with Crippen molar-refractivity contribution in [1.29, 1.82) is 0 Å². The van der Waals surface area contributed by atoms with Crippen LogP contribution in [0.25, 0.3) is 0 Å². The summed E-state index contributed by atoms with van der Waals surface area (Å²) >= 11 is 0. The molecule has 2 aliphatic rings. The molecule has 4 atom stereocenters. The van der Waals surface area contributed by atoms with Crippen molar-refractivity contribution in [3.8, 4) is 0 Å². The van der Waals surface area contributed by atoms with Crippen LogP contribution < -0.4 is 5.73 Å². The minimum Gasteiger partial charge on any atom is -0.330 e. The Bertz CT molecular complexity index is 183. The van der Waals surface area contributed by atoms with Crippen LogP contribution in [0.5, 0.6) is 0 Å². The quantitative estimate of drug-likeness (QED) is 0.728. The van der Waals surface area contributed by atoms with Gasteiger partial charge in [0.15, 0.2) is 0 Å². The van der Waals surface area contributed by atoms with Crippen molar-refractivity contribution in [3.63, 3.8) is 0 Å². The highest BCUT2D eigenvalue weighted by Gasteiger charge is 2.36. The lowest BCUT2D eigenvalue weighted by molar-refractivity contribution is 0.192. The maximum Gasteiger partial charge on any atom is 0.0136 e. The summed E-state index contributed by atoms with van der Waals surface area (Å²) in [6.45, 7) is 8.28. The Labute approximate surface area is 87.8 Å². The molecule has 2 heteroatoms. The van der Waals surface area contributed by atoms with Crippen molar-refractivity contribution >= 4 is 0 Å². The summed E-state index contributed by atoms with van der Waals surface area (Å²) in [5.41, 5.74) is 5.83. The van der Waals surface area contributed by atoms with E-state index in [1.165, 1.54) is 32.4 Å². The van der Waals surface area contributed by atoms with Crippen LogP contribution in [0.2, 0.25) is 0 Å². The van der Waals surface area contributed by atoms with Gasteiger partial charge >= 0.3 is 0 Å². The van der Waals surface area contributed by atoms with Gasteiger partial charge in [-0.1, -0.05) is 20.3 Å². The largest absolute Gasteiger partial charge is 0.330 e. The Kier molecular flexibility index (Phi) is 3.13. The minimum absolute atomic E-state index is 0.785. The van der Waals surface area contributed by atoms with Crippen LogP contribution in [-0.4, -0.2) is 30.6 Å². The van der Waals surface area contributed by atoms with E-state index in [2.05, 4.69) is 18.7 Å². The molecule has 1 heterocycles. The smallest absolute Gasteiger partial charge is 0.0136 e. The van der Waals surface area contributed by atoms with E-state index in [4.69, 9.17) is 5.73 Å². The normalized spacial score (nSPS) is 44.8. The Balaban J connectivity index is 1.95. The van der Waals surface area contributed by atoms with Gasteiger partial charge in [-0.3, -0.25) is 4.90 Å². The van der Waals surface area contributed by atoms with Crippen LogP contribution in [0.15, 0.2) is 0 Å². The first-order chi connectivity index (χ1) is 6.72. The summed E-state index contributed by atoms with van der Waals surface area (Å²) in [7, 11) is 0. The Hall–Kier alpha value is -0.0800. The van der Waals surface area contributed by atoms with E-state index in [-0.39, 0.29) is 0 Å². The van der Waals surface area contributed by atoms with E-state index in [1.54, 1.807) is 0 Å². The van der Waals surface area contributed by atoms with Gasteiger partial charge in [-0.25, -0.2) is 0 Å². The predicted octanol–water partition coefficient (Wildman–Crippen LogP) is 1.70. The number of hydrogen-bond donors (Lipinski definition) is 1. The first-order valence-electron chi connectivity index (χ1n) is 6.16. The molecule has 1 aliphatic heterocycles. The molecule has 0 amide bonds. The van der Waals surface area contributed by atoms with Crippen molar-refractivity contribution in [2.24, 2.45) is 23.5 Å². The molecule has 2 nitrogen and oxygen atoms in total. The highest BCUT2D eigenvalue weighted by molar-refractivity contribution is 4.90. The number of nitrogens with zero attached hydrogens (tertiary/aromatic N) is 1. The van der Waals surface area contributed by atoms with Crippen LogP contribution >= 0.6 is 0 Å². The van der Waals surface area contributed by atoms with Gasteiger partial charge in [0.2, 0.25) is 0 Å². The third kappa shape index (κ3) is 1.82. The lowest BCUT2D eigenvalue weighted by atomic mass is 10.0. The Morgan fingerprint density at radius 1 is 1.14 bits per heavy atom. The molecule has 0 spiro atoms. The van der Waals surface area contributed by atoms with E-state index in [0.717, 1.165) is 30.3 Å². The standard InChI is InChI=1S/C12H24N2/c1-9-7-14(8-10(9)2)12-5-3-4-11(12)6-13/h9-12H,3-8,13H2,1-2H3. The van der Waals surface area contributed by atoms with Crippen LogP contribution in [-0.2, 0) is 0 Å². The van der Waals surface area contributed by atoms with Crippen molar-refractivity contribution in [3.05, 3.63) is 0 Å². The molecule has 1 saturated carbocycles. The maximum absolute atomic E-state index is 5.83. The number of likely N-dealkylation sites (tertiary alicyclic amines) is 1. The SMILES string of the molecule is CC1CN(C2CCCC2CN)CC1C. The van der Waals surface area contributed by atoms with E-state index in [1.807, 2.05) is 0 Å². The van der Waals surface area contributed by atoms with Gasteiger partial charge in [0.05, 0.1) is 0 Å². The molecule has 14 heavy (non-hydrogen) atoms. The van der Waals surface area contributed by atoms with E-state index < -0.39 is 0 Å². The maximum atomic E-state index is 5.83. The van der Waals surface area contributed by atoms with Crippen molar-refractivity contribution in [1.82, 2.24) is 4.90 Å². The zero-order chi connectivity index (χ0) is 10.1. The molecule has 2 N–H and O–H groups in total. The van der Waals surface area contributed by atoms with E-state index in [0.29, 0.717) is 0 Å². The molecule has 2 fully saturated rings. The number of nitrogens with two attached hydrogens (primary N) is 1. The van der Waals surface area contributed by atoms with Crippen molar-refractivity contribution < 1.29 is 0 Å². The second kappa shape index (κ2) is 4.19. The van der Waals surface area contributed by atoms with E-state index in [9.17, 15) is 0 Å². The molecule has 0 radical (unpaired) electrons. The summed E-state index contributed by atoms with van der Waals surface area (Å²) in [6.07, 6.45) is 4.15. The van der Waals surface area contributed by atoms with Gasteiger partial charge in [-0.2, -0.15) is 0 Å². The van der Waals surface area contributed by atoms with Gasteiger partial charge in [0.25, 0.3) is 0 Å². The van der Waals surface area contributed by atoms with Gasteiger partial charge in [-0.05, 0) is 37.1 Å². The van der Waals surface area contributed by atoms with Gasteiger partial charge in [0, 0.05) is 19.1 Å². The summed E-state index contributed by atoms with van der Waals surface area (Å²) < 4.78 is 0. The first kappa shape index (κ1) is 10.4. The second-order valence-corrected chi connectivity index (χ2v) is 5.40. The summed E-state index contributed by atoms with van der Waals surface area (Å²) in [5, 5.41) is 0. The fraction of sp³-hybridized carbons (Fsp3) is 1.00. The highest BCUT2D eigenvalue weighted by atomic mass is 15.2.